The smallest absolute Gasteiger partial charge is 0.241 e. The number of nitrogens with zero attached hydrogens (tertiary/aromatic N) is 3. The summed E-state index contributed by atoms with van der Waals surface area (Å²) in [7, 11) is 3.67. The predicted octanol–water partition coefficient (Wildman–Crippen LogP) is 3.38. The highest BCUT2D eigenvalue weighted by molar-refractivity contribution is 5.56. The van der Waals surface area contributed by atoms with E-state index in [9.17, 15) is 0 Å². The molecule has 0 radical (unpaired) electrons. The fourth-order valence-corrected chi connectivity index (χ4v) is 2.38. The van der Waals surface area contributed by atoms with Crippen molar-refractivity contribution in [1.82, 2.24) is 15.0 Å². The summed E-state index contributed by atoms with van der Waals surface area (Å²) < 4.78 is 10.6. The molecule has 0 amide bonds. The topological polar surface area (TPSA) is 51.4 Å². The van der Waals surface area contributed by atoms with Crippen molar-refractivity contribution in [1.29, 1.82) is 0 Å². The van der Waals surface area contributed by atoms with E-state index in [4.69, 9.17) is 9.26 Å². The molecular formula is C18H19N3O2. The summed E-state index contributed by atoms with van der Waals surface area (Å²) in [6.45, 7) is 1.43. The molecule has 1 heterocycles. The highest BCUT2D eigenvalue weighted by Crippen LogP contribution is 2.21. The summed E-state index contributed by atoms with van der Waals surface area (Å²) in [5.74, 6) is 1.95. The first-order valence-corrected chi connectivity index (χ1v) is 7.44. The quantitative estimate of drug-likeness (QED) is 0.698. The van der Waals surface area contributed by atoms with Gasteiger partial charge in [0.05, 0.1) is 13.7 Å². The molecule has 5 nitrogen and oxygen atoms in total. The summed E-state index contributed by atoms with van der Waals surface area (Å²) in [4.78, 5) is 6.60. The molecule has 1 aromatic heterocycles. The van der Waals surface area contributed by atoms with Crippen LogP contribution in [0.2, 0.25) is 0 Å². The Labute approximate surface area is 135 Å². The third-order valence-corrected chi connectivity index (χ3v) is 3.50. The van der Waals surface area contributed by atoms with Gasteiger partial charge in [0.2, 0.25) is 11.7 Å². The molecule has 5 heteroatoms. The Bertz CT molecular complexity index is 756. The summed E-state index contributed by atoms with van der Waals surface area (Å²) in [6.07, 6.45) is 0. The van der Waals surface area contributed by atoms with Gasteiger partial charge in [-0.3, -0.25) is 4.90 Å². The first kappa shape index (κ1) is 15.2. The van der Waals surface area contributed by atoms with Gasteiger partial charge in [0.1, 0.15) is 5.75 Å². The summed E-state index contributed by atoms with van der Waals surface area (Å²) in [5.41, 5.74) is 2.13. The van der Waals surface area contributed by atoms with E-state index < -0.39 is 0 Å². The second-order valence-electron chi connectivity index (χ2n) is 5.40. The normalized spacial score (nSPS) is 10.9. The largest absolute Gasteiger partial charge is 0.497 e. The van der Waals surface area contributed by atoms with Crippen molar-refractivity contribution in [3.05, 3.63) is 66.1 Å². The lowest BCUT2D eigenvalue weighted by Crippen LogP contribution is -2.17. The first-order valence-electron chi connectivity index (χ1n) is 7.44. The minimum absolute atomic E-state index is 0.576. The average Bonchev–Trinajstić information content (AvgIpc) is 3.04. The fraction of sp³-hybridized carbons (Fsp3) is 0.222. The van der Waals surface area contributed by atoms with Crippen LogP contribution in [0.1, 0.15) is 11.5 Å². The van der Waals surface area contributed by atoms with Gasteiger partial charge in [-0.15, -0.1) is 0 Å². The van der Waals surface area contributed by atoms with Gasteiger partial charge in [-0.1, -0.05) is 47.6 Å². The molecule has 0 saturated carbocycles. The maximum atomic E-state index is 5.36. The number of benzene rings is 2. The van der Waals surface area contributed by atoms with E-state index in [2.05, 4.69) is 27.2 Å². The van der Waals surface area contributed by atoms with Crippen molar-refractivity contribution in [2.75, 3.05) is 14.2 Å². The molecule has 3 rings (SSSR count). The average molecular weight is 309 g/mol. The zero-order valence-electron chi connectivity index (χ0n) is 13.3. The molecule has 0 N–H and O–H groups in total. The van der Waals surface area contributed by atoms with Gasteiger partial charge in [0.15, 0.2) is 0 Å². The summed E-state index contributed by atoms with van der Waals surface area (Å²) >= 11 is 0. The van der Waals surface area contributed by atoms with Crippen LogP contribution < -0.4 is 4.74 Å². The van der Waals surface area contributed by atoms with E-state index in [0.29, 0.717) is 18.3 Å². The maximum absolute atomic E-state index is 5.36. The molecule has 0 atom stereocenters. The molecule has 0 unspecified atom stereocenters. The van der Waals surface area contributed by atoms with Crippen LogP contribution in [0.4, 0.5) is 0 Å². The van der Waals surface area contributed by atoms with Crippen LogP contribution in [-0.4, -0.2) is 29.2 Å². The summed E-state index contributed by atoms with van der Waals surface area (Å²) in [6, 6.07) is 17.9. The molecule has 0 spiro atoms. The van der Waals surface area contributed by atoms with E-state index in [1.54, 1.807) is 7.11 Å². The lowest BCUT2D eigenvalue weighted by atomic mass is 10.2. The van der Waals surface area contributed by atoms with E-state index >= 15 is 0 Å². The number of aromatic nitrogens is 2. The number of rotatable bonds is 6. The van der Waals surface area contributed by atoms with Crippen LogP contribution in [0.15, 0.2) is 59.1 Å². The van der Waals surface area contributed by atoms with Gasteiger partial charge in [-0.25, -0.2) is 0 Å². The molecule has 0 aliphatic rings. The van der Waals surface area contributed by atoms with Gasteiger partial charge in [-0.2, -0.15) is 4.98 Å². The Hall–Kier alpha value is -2.66. The highest BCUT2D eigenvalue weighted by Gasteiger charge is 2.11. The Morgan fingerprint density at radius 1 is 1.04 bits per heavy atom. The van der Waals surface area contributed by atoms with Gasteiger partial charge in [-0.05, 0) is 24.7 Å². The molecule has 0 aliphatic carbocycles. The van der Waals surface area contributed by atoms with E-state index in [1.165, 1.54) is 5.56 Å². The Morgan fingerprint density at radius 2 is 1.87 bits per heavy atom. The minimum Gasteiger partial charge on any atom is -0.497 e. The van der Waals surface area contributed by atoms with Crippen LogP contribution in [-0.2, 0) is 13.1 Å². The Morgan fingerprint density at radius 3 is 2.65 bits per heavy atom. The molecule has 118 valence electrons. The number of ether oxygens (including phenoxy) is 1. The zero-order valence-corrected chi connectivity index (χ0v) is 13.3. The fourth-order valence-electron chi connectivity index (χ4n) is 2.38. The molecule has 23 heavy (non-hydrogen) atoms. The maximum Gasteiger partial charge on any atom is 0.241 e. The lowest BCUT2D eigenvalue weighted by molar-refractivity contribution is 0.261. The third-order valence-electron chi connectivity index (χ3n) is 3.50. The number of methoxy groups -OCH3 is 1. The van der Waals surface area contributed by atoms with Crippen molar-refractivity contribution >= 4 is 0 Å². The van der Waals surface area contributed by atoms with Crippen LogP contribution >= 0.6 is 0 Å². The van der Waals surface area contributed by atoms with Crippen LogP contribution in [0, 0.1) is 0 Å². The standard InChI is InChI=1S/C18H19N3O2/c1-21(12-14-7-4-3-5-8-14)13-17-19-18(20-23-17)15-9-6-10-16(11-15)22-2/h3-11H,12-13H2,1-2H3. The van der Waals surface area contributed by atoms with Gasteiger partial charge < -0.3 is 9.26 Å². The van der Waals surface area contributed by atoms with Crippen molar-refractivity contribution < 1.29 is 9.26 Å². The lowest BCUT2D eigenvalue weighted by Gasteiger charge is -2.13. The van der Waals surface area contributed by atoms with Crippen molar-refractivity contribution in [2.24, 2.45) is 0 Å². The molecule has 0 saturated heterocycles. The first-order chi connectivity index (χ1) is 11.2. The monoisotopic (exact) mass is 309 g/mol. The van der Waals surface area contributed by atoms with Crippen molar-refractivity contribution in [3.63, 3.8) is 0 Å². The highest BCUT2D eigenvalue weighted by atomic mass is 16.5. The predicted molar refractivity (Wildman–Crippen MR) is 87.9 cm³/mol. The molecule has 0 bridgehead atoms. The number of hydrogen-bond acceptors (Lipinski definition) is 5. The Kier molecular flexibility index (Phi) is 4.68. The minimum atomic E-state index is 0.576. The van der Waals surface area contributed by atoms with Crippen LogP contribution in [0.5, 0.6) is 5.75 Å². The van der Waals surface area contributed by atoms with Gasteiger partial charge in [0.25, 0.3) is 0 Å². The van der Waals surface area contributed by atoms with Gasteiger partial charge >= 0.3 is 0 Å². The molecule has 0 fully saturated rings. The number of hydrogen-bond donors (Lipinski definition) is 0. The third kappa shape index (κ3) is 3.96. The van der Waals surface area contributed by atoms with E-state index in [1.807, 2.05) is 49.5 Å². The second kappa shape index (κ2) is 7.07. The van der Waals surface area contributed by atoms with Crippen LogP contribution in [0.25, 0.3) is 11.4 Å². The van der Waals surface area contributed by atoms with E-state index in [0.717, 1.165) is 17.9 Å². The molecule has 3 aromatic rings. The van der Waals surface area contributed by atoms with Crippen LogP contribution in [0.3, 0.4) is 0 Å². The molecule has 0 aliphatic heterocycles. The summed E-state index contributed by atoms with van der Waals surface area (Å²) in [5, 5.41) is 4.05. The van der Waals surface area contributed by atoms with Gasteiger partial charge in [0, 0.05) is 12.1 Å². The van der Waals surface area contributed by atoms with Crippen molar-refractivity contribution in [2.45, 2.75) is 13.1 Å². The SMILES string of the molecule is COc1cccc(-c2noc(CN(C)Cc3ccccc3)n2)c1. The van der Waals surface area contributed by atoms with E-state index in [-0.39, 0.29) is 0 Å². The Balaban J connectivity index is 1.67. The molecular weight excluding hydrogens is 290 g/mol. The zero-order chi connectivity index (χ0) is 16.1. The second-order valence-corrected chi connectivity index (χ2v) is 5.40. The molecule has 2 aromatic carbocycles. The van der Waals surface area contributed by atoms with Crippen molar-refractivity contribution in [3.8, 4) is 17.1 Å².